The largest absolute Gasteiger partial charge is 0.344 e. The van der Waals surface area contributed by atoms with Gasteiger partial charge in [-0.3, -0.25) is 0 Å². The SMILES string of the molecule is c1ccc(C2=NC(c3ccccc3)NC(c3cccc4sc5cccc(-c6cccc7sc8c(-n9c%10ccccc%10c%10ccccc%109)cccc8c67)c5c34)=N2)cc1. The normalized spacial score (nSPS) is 14.5. The monoisotopic (exact) mass is 764 g/mol. The van der Waals surface area contributed by atoms with Crippen LogP contribution in [0.3, 0.4) is 0 Å². The number of aliphatic imine (C=N–C) groups is 2. The van der Waals surface area contributed by atoms with Gasteiger partial charge in [-0.05, 0) is 53.1 Å². The lowest BCUT2D eigenvalue weighted by Crippen LogP contribution is -2.33. The first-order chi connectivity index (χ1) is 28.3. The molecule has 57 heavy (non-hydrogen) atoms. The third kappa shape index (κ3) is 5.04. The fourth-order valence-corrected chi connectivity index (χ4v) is 11.2. The number of benzene rings is 8. The molecule has 6 heteroatoms. The maximum Gasteiger partial charge on any atom is 0.159 e. The number of thiophene rings is 2. The molecule has 0 fully saturated rings. The molecule has 4 heterocycles. The van der Waals surface area contributed by atoms with Gasteiger partial charge < -0.3 is 9.88 Å². The highest BCUT2D eigenvalue weighted by atomic mass is 32.1. The van der Waals surface area contributed by atoms with Crippen molar-refractivity contribution in [2.75, 3.05) is 0 Å². The van der Waals surface area contributed by atoms with Crippen LogP contribution in [0.1, 0.15) is 22.9 Å². The van der Waals surface area contributed by atoms with Crippen LogP contribution in [0.2, 0.25) is 0 Å². The molecule has 1 atom stereocenters. The summed E-state index contributed by atoms with van der Waals surface area (Å²) in [5, 5.41) is 11.3. The zero-order valence-corrected chi connectivity index (χ0v) is 32.2. The van der Waals surface area contributed by atoms with Crippen LogP contribution in [0.15, 0.2) is 192 Å². The first kappa shape index (κ1) is 32.4. The van der Waals surface area contributed by atoms with Gasteiger partial charge in [-0.2, -0.15) is 0 Å². The molecule has 3 aromatic heterocycles. The summed E-state index contributed by atoms with van der Waals surface area (Å²) in [6, 6.07) is 65.3. The average Bonchev–Trinajstić information content (AvgIpc) is 3.97. The molecule has 1 aliphatic heterocycles. The number of fused-ring (bicyclic) bond motifs is 9. The van der Waals surface area contributed by atoms with Gasteiger partial charge in [0.25, 0.3) is 0 Å². The molecule has 0 amide bonds. The number of para-hydroxylation sites is 2. The molecule has 0 radical (unpaired) electrons. The fraction of sp³-hybridized carbons (Fsp3) is 0.0196. The summed E-state index contributed by atoms with van der Waals surface area (Å²) in [6.45, 7) is 0. The Morgan fingerprint density at radius 2 is 1.00 bits per heavy atom. The number of aromatic nitrogens is 1. The Labute approximate surface area is 336 Å². The summed E-state index contributed by atoms with van der Waals surface area (Å²) >= 11 is 3.73. The molecular weight excluding hydrogens is 733 g/mol. The zero-order chi connectivity index (χ0) is 37.5. The number of hydrogen-bond donors (Lipinski definition) is 1. The molecule has 12 rings (SSSR count). The van der Waals surface area contributed by atoms with Gasteiger partial charge in [-0.15, -0.1) is 22.7 Å². The highest BCUT2D eigenvalue weighted by molar-refractivity contribution is 7.26. The lowest BCUT2D eigenvalue weighted by molar-refractivity contribution is 0.674. The van der Waals surface area contributed by atoms with Gasteiger partial charge in [-0.1, -0.05) is 146 Å². The van der Waals surface area contributed by atoms with Crippen molar-refractivity contribution in [3.05, 3.63) is 199 Å². The van der Waals surface area contributed by atoms with Crippen molar-refractivity contribution in [3.63, 3.8) is 0 Å². The molecule has 11 aromatic rings. The third-order valence-corrected chi connectivity index (χ3v) is 13.6. The van der Waals surface area contributed by atoms with Crippen LogP contribution in [0.25, 0.3) is 79.0 Å². The Kier molecular flexibility index (Phi) is 7.30. The standard InChI is InChI=1S/C51H32N4S2/c1-3-15-31(16-4-1)49-52-50(32-17-5-2-6-18-32)54-51(53-49)38-24-14-30-44-47(38)46-36(22-13-29-43(46)56-44)35-21-12-28-42-45(35)37-23-11-27-41(48(37)57-42)55-39-25-9-7-19-33(39)34-20-8-10-26-40(34)55/h1-30,49H,(H,52,53,54). The lowest BCUT2D eigenvalue weighted by Gasteiger charge is -2.24. The number of nitrogens with one attached hydrogen (secondary N) is 1. The van der Waals surface area contributed by atoms with Crippen LogP contribution < -0.4 is 5.32 Å². The van der Waals surface area contributed by atoms with E-state index in [1.807, 2.05) is 46.9 Å². The molecule has 0 saturated heterocycles. The van der Waals surface area contributed by atoms with Crippen LogP contribution >= 0.6 is 22.7 Å². The van der Waals surface area contributed by atoms with Gasteiger partial charge in [0.2, 0.25) is 0 Å². The summed E-state index contributed by atoms with van der Waals surface area (Å²) in [5.41, 5.74) is 9.29. The molecule has 1 aliphatic rings. The third-order valence-electron chi connectivity index (χ3n) is 11.3. The van der Waals surface area contributed by atoms with Crippen LogP contribution in [0.5, 0.6) is 0 Å². The Morgan fingerprint density at radius 3 is 1.70 bits per heavy atom. The number of amidine groups is 2. The van der Waals surface area contributed by atoms with E-state index in [-0.39, 0.29) is 6.17 Å². The van der Waals surface area contributed by atoms with Crippen LogP contribution in [0.4, 0.5) is 0 Å². The second-order valence-electron chi connectivity index (χ2n) is 14.5. The van der Waals surface area contributed by atoms with Gasteiger partial charge in [0.1, 0.15) is 12.0 Å². The maximum absolute atomic E-state index is 5.26. The van der Waals surface area contributed by atoms with E-state index < -0.39 is 0 Å². The van der Waals surface area contributed by atoms with Crippen LogP contribution in [-0.4, -0.2) is 16.2 Å². The zero-order valence-electron chi connectivity index (χ0n) is 30.6. The van der Waals surface area contributed by atoms with E-state index in [0.717, 1.165) is 28.4 Å². The van der Waals surface area contributed by atoms with E-state index in [0.29, 0.717) is 0 Å². The van der Waals surface area contributed by atoms with Gasteiger partial charge in [0, 0.05) is 57.5 Å². The van der Waals surface area contributed by atoms with Crippen molar-refractivity contribution in [3.8, 4) is 16.8 Å². The number of nitrogens with zero attached hydrogens (tertiary/aromatic N) is 3. The van der Waals surface area contributed by atoms with Crippen molar-refractivity contribution in [1.29, 1.82) is 0 Å². The van der Waals surface area contributed by atoms with Crippen molar-refractivity contribution >= 4 is 96.5 Å². The summed E-state index contributed by atoms with van der Waals surface area (Å²) in [7, 11) is 0. The molecule has 0 bridgehead atoms. The molecule has 0 saturated carbocycles. The van der Waals surface area contributed by atoms with Gasteiger partial charge >= 0.3 is 0 Å². The maximum atomic E-state index is 5.26. The predicted molar refractivity (Wildman–Crippen MR) is 244 cm³/mol. The van der Waals surface area contributed by atoms with Crippen LogP contribution in [-0.2, 0) is 0 Å². The summed E-state index contributed by atoms with van der Waals surface area (Å²) in [4.78, 5) is 10.4. The number of hydrogen-bond acceptors (Lipinski definition) is 5. The highest BCUT2D eigenvalue weighted by Crippen LogP contribution is 2.48. The predicted octanol–water partition coefficient (Wildman–Crippen LogP) is 13.7. The summed E-state index contributed by atoms with van der Waals surface area (Å²) in [5.74, 6) is 1.55. The molecule has 1 N–H and O–H groups in total. The second kappa shape index (κ2) is 12.8. The smallest absolute Gasteiger partial charge is 0.159 e. The minimum absolute atomic E-state index is 0.275. The highest BCUT2D eigenvalue weighted by Gasteiger charge is 2.25. The quantitative estimate of drug-likeness (QED) is 0.186. The van der Waals surface area contributed by atoms with E-state index in [1.54, 1.807) is 0 Å². The Hall–Kier alpha value is -6.86. The molecule has 0 spiro atoms. The summed E-state index contributed by atoms with van der Waals surface area (Å²) in [6.07, 6.45) is -0.275. The van der Waals surface area contributed by atoms with E-state index in [1.165, 1.54) is 79.0 Å². The van der Waals surface area contributed by atoms with Crippen molar-refractivity contribution in [2.24, 2.45) is 9.98 Å². The first-order valence-electron chi connectivity index (χ1n) is 19.2. The van der Waals surface area contributed by atoms with E-state index >= 15 is 0 Å². The van der Waals surface area contributed by atoms with Crippen LogP contribution in [0, 0.1) is 0 Å². The molecule has 268 valence electrons. The number of rotatable bonds is 5. The average molecular weight is 765 g/mol. The van der Waals surface area contributed by atoms with Crippen molar-refractivity contribution in [1.82, 2.24) is 9.88 Å². The van der Waals surface area contributed by atoms with Crippen molar-refractivity contribution in [2.45, 2.75) is 6.17 Å². The first-order valence-corrected chi connectivity index (χ1v) is 20.8. The fourth-order valence-electron chi connectivity index (χ4n) is 8.81. The van der Waals surface area contributed by atoms with E-state index in [2.05, 4.69) is 168 Å². The molecule has 4 nitrogen and oxygen atoms in total. The van der Waals surface area contributed by atoms with Gasteiger partial charge in [0.15, 0.2) is 5.84 Å². The molecular formula is C51H32N4S2. The van der Waals surface area contributed by atoms with Crippen molar-refractivity contribution < 1.29 is 0 Å². The van der Waals surface area contributed by atoms with E-state index in [9.17, 15) is 0 Å². The Morgan fingerprint density at radius 1 is 0.456 bits per heavy atom. The Bertz CT molecular complexity index is 3390. The minimum Gasteiger partial charge on any atom is -0.344 e. The minimum atomic E-state index is -0.275. The second-order valence-corrected chi connectivity index (χ2v) is 16.6. The molecule has 1 unspecified atom stereocenters. The Balaban J connectivity index is 1.09. The topological polar surface area (TPSA) is 41.7 Å². The molecule has 0 aliphatic carbocycles. The summed E-state index contributed by atoms with van der Waals surface area (Å²) < 4.78 is 7.51. The molecule has 8 aromatic carbocycles. The van der Waals surface area contributed by atoms with E-state index in [4.69, 9.17) is 9.98 Å². The van der Waals surface area contributed by atoms with Gasteiger partial charge in [0.05, 0.1) is 21.4 Å². The lowest BCUT2D eigenvalue weighted by atomic mass is 9.94. The van der Waals surface area contributed by atoms with Gasteiger partial charge in [-0.25, -0.2) is 9.98 Å².